The predicted molar refractivity (Wildman–Crippen MR) is 127 cm³/mol. The molecule has 0 saturated carbocycles. The monoisotopic (exact) mass is 447 g/mol. The van der Waals surface area contributed by atoms with Gasteiger partial charge in [-0.05, 0) is 60.7 Å². The summed E-state index contributed by atoms with van der Waals surface area (Å²) in [6, 6.07) is 17.1. The lowest BCUT2D eigenvalue weighted by Gasteiger charge is -2.21. The van der Waals surface area contributed by atoms with Crippen LogP contribution in [0.25, 0.3) is 0 Å². The van der Waals surface area contributed by atoms with Crippen molar-refractivity contribution >= 4 is 23.4 Å². The van der Waals surface area contributed by atoms with E-state index in [4.69, 9.17) is 4.42 Å². The van der Waals surface area contributed by atoms with E-state index in [1.165, 1.54) is 6.26 Å². The number of benzene rings is 2. The molecule has 3 amide bonds. The van der Waals surface area contributed by atoms with Crippen molar-refractivity contribution < 1.29 is 18.8 Å². The Balaban J connectivity index is 1.62. The molecule has 2 aromatic carbocycles. The maximum Gasteiger partial charge on any atom is 0.291 e. The molecule has 3 aromatic rings. The van der Waals surface area contributed by atoms with Gasteiger partial charge in [0.15, 0.2) is 5.76 Å². The molecule has 0 fully saturated rings. The van der Waals surface area contributed by atoms with Crippen LogP contribution in [0.2, 0.25) is 0 Å². The first-order valence-corrected chi connectivity index (χ1v) is 10.9. The zero-order valence-corrected chi connectivity index (χ0v) is 19.1. The molecule has 0 saturated heterocycles. The fourth-order valence-electron chi connectivity index (χ4n) is 3.44. The molecule has 1 heterocycles. The number of anilines is 1. The summed E-state index contributed by atoms with van der Waals surface area (Å²) in [5, 5.41) is 8.54. The Bertz CT molecular complexity index is 1110. The van der Waals surface area contributed by atoms with E-state index in [-0.39, 0.29) is 35.9 Å². The van der Waals surface area contributed by atoms with Crippen molar-refractivity contribution in [1.29, 1.82) is 0 Å². The molecule has 0 radical (unpaired) electrons. The summed E-state index contributed by atoms with van der Waals surface area (Å²) < 4.78 is 5.10. The highest BCUT2D eigenvalue weighted by atomic mass is 16.3. The van der Waals surface area contributed by atoms with E-state index in [0.29, 0.717) is 17.7 Å². The predicted octanol–water partition coefficient (Wildman–Crippen LogP) is 4.30. The van der Waals surface area contributed by atoms with Gasteiger partial charge in [-0.1, -0.05) is 44.2 Å². The zero-order chi connectivity index (χ0) is 23.8. The van der Waals surface area contributed by atoms with Crippen molar-refractivity contribution in [2.24, 2.45) is 5.92 Å². The van der Waals surface area contributed by atoms with Crippen molar-refractivity contribution in [3.8, 4) is 0 Å². The maximum atomic E-state index is 12.9. The van der Waals surface area contributed by atoms with Crippen LogP contribution in [0.1, 0.15) is 52.3 Å². The highest BCUT2D eigenvalue weighted by Crippen LogP contribution is 2.14. The molecule has 7 heteroatoms. The van der Waals surface area contributed by atoms with Crippen LogP contribution < -0.4 is 16.0 Å². The molecule has 1 aromatic heterocycles. The van der Waals surface area contributed by atoms with Crippen molar-refractivity contribution in [3.63, 3.8) is 0 Å². The van der Waals surface area contributed by atoms with Crippen molar-refractivity contribution in [3.05, 3.63) is 89.4 Å². The topological polar surface area (TPSA) is 100 Å². The molecule has 0 aliphatic carbocycles. The smallest absolute Gasteiger partial charge is 0.291 e. The molecule has 3 N–H and O–H groups in total. The molecule has 1 atom stereocenters. The van der Waals surface area contributed by atoms with E-state index < -0.39 is 6.04 Å². The fourth-order valence-corrected chi connectivity index (χ4v) is 3.44. The number of furan rings is 1. The fraction of sp³-hybridized carbons (Fsp3) is 0.269. The van der Waals surface area contributed by atoms with Crippen LogP contribution in [-0.4, -0.2) is 23.8 Å². The van der Waals surface area contributed by atoms with Crippen LogP contribution in [0.4, 0.5) is 5.69 Å². The van der Waals surface area contributed by atoms with Gasteiger partial charge < -0.3 is 20.4 Å². The van der Waals surface area contributed by atoms with Crippen molar-refractivity contribution in [2.45, 2.75) is 39.8 Å². The Morgan fingerprint density at radius 1 is 0.939 bits per heavy atom. The van der Waals surface area contributed by atoms with Gasteiger partial charge in [-0.3, -0.25) is 14.4 Å². The molecule has 33 heavy (non-hydrogen) atoms. The molecule has 0 spiro atoms. The average Bonchev–Trinajstić information content (AvgIpc) is 3.32. The molecule has 0 aliphatic rings. The van der Waals surface area contributed by atoms with E-state index in [9.17, 15) is 14.4 Å². The summed E-state index contributed by atoms with van der Waals surface area (Å²) in [4.78, 5) is 37.8. The third-order valence-corrected chi connectivity index (χ3v) is 5.12. The Kier molecular flexibility index (Phi) is 8.02. The van der Waals surface area contributed by atoms with Crippen LogP contribution in [0, 0.1) is 12.8 Å². The second-order valence-electron chi connectivity index (χ2n) is 8.32. The number of amides is 3. The summed E-state index contributed by atoms with van der Waals surface area (Å²) in [5.41, 5.74) is 2.81. The molecule has 0 bridgehead atoms. The summed E-state index contributed by atoms with van der Waals surface area (Å²) in [6.45, 7) is 6.14. The van der Waals surface area contributed by atoms with E-state index in [2.05, 4.69) is 16.0 Å². The van der Waals surface area contributed by atoms with E-state index in [0.717, 1.165) is 11.1 Å². The number of hydrogen-bond acceptors (Lipinski definition) is 4. The molecule has 0 aliphatic heterocycles. The molecular weight excluding hydrogens is 418 g/mol. The summed E-state index contributed by atoms with van der Waals surface area (Å²) in [6.07, 6.45) is 1.95. The van der Waals surface area contributed by atoms with E-state index in [1.807, 2.05) is 39.0 Å². The Hall–Kier alpha value is -3.87. The van der Waals surface area contributed by atoms with Crippen LogP contribution in [0.3, 0.4) is 0 Å². The highest BCUT2D eigenvalue weighted by Gasteiger charge is 2.23. The minimum atomic E-state index is -0.654. The standard InChI is InChI=1S/C26H29N3O4/c1-17(2)14-22(29-24(30)21-11-5-4-8-18(21)3)25(31)27-16-19-9-6-10-20(15-19)28-26(32)23-12-7-13-33-23/h4-13,15,17,22H,14,16H2,1-3H3,(H,27,31)(H,28,32)(H,29,30). The van der Waals surface area contributed by atoms with E-state index in [1.54, 1.807) is 42.5 Å². The third-order valence-electron chi connectivity index (χ3n) is 5.12. The Morgan fingerprint density at radius 3 is 2.42 bits per heavy atom. The first kappa shape index (κ1) is 23.8. The number of carbonyl (C=O) groups is 3. The van der Waals surface area contributed by atoms with Crippen molar-refractivity contribution in [1.82, 2.24) is 10.6 Å². The number of hydrogen-bond donors (Lipinski definition) is 3. The average molecular weight is 448 g/mol. The lowest BCUT2D eigenvalue weighted by Crippen LogP contribution is -2.47. The molecule has 3 rings (SSSR count). The summed E-state index contributed by atoms with van der Waals surface area (Å²) in [5.74, 6) is -0.433. The van der Waals surface area contributed by atoms with Gasteiger partial charge in [0.1, 0.15) is 6.04 Å². The second-order valence-corrected chi connectivity index (χ2v) is 8.32. The van der Waals surface area contributed by atoms with Gasteiger partial charge in [0, 0.05) is 17.8 Å². The zero-order valence-electron chi connectivity index (χ0n) is 19.1. The van der Waals surface area contributed by atoms with Crippen molar-refractivity contribution in [2.75, 3.05) is 5.32 Å². The van der Waals surface area contributed by atoms with Crippen LogP contribution in [0.15, 0.2) is 71.3 Å². The minimum absolute atomic E-state index is 0.217. The van der Waals surface area contributed by atoms with Gasteiger partial charge in [-0.25, -0.2) is 0 Å². The summed E-state index contributed by atoms with van der Waals surface area (Å²) in [7, 11) is 0. The second kappa shape index (κ2) is 11.1. The first-order chi connectivity index (χ1) is 15.8. The quantitative estimate of drug-likeness (QED) is 0.455. The molecule has 7 nitrogen and oxygen atoms in total. The number of aryl methyl sites for hydroxylation is 1. The van der Waals surface area contributed by atoms with Gasteiger partial charge in [-0.15, -0.1) is 0 Å². The molecular formula is C26H29N3O4. The SMILES string of the molecule is Cc1ccccc1C(=O)NC(CC(C)C)C(=O)NCc1cccc(NC(=O)c2ccco2)c1. The largest absolute Gasteiger partial charge is 0.459 e. The summed E-state index contributed by atoms with van der Waals surface area (Å²) >= 11 is 0. The normalized spacial score (nSPS) is 11.6. The number of rotatable bonds is 9. The maximum absolute atomic E-state index is 12.9. The Labute approximate surface area is 193 Å². The van der Waals surface area contributed by atoms with E-state index >= 15 is 0 Å². The number of nitrogens with one attached hydrogen (secondary N) is 3. The van der Waals surface area contributed by atoms with Crippen LogP contribution >= 0.6 is 0 Å². The van der Waals surface area contributed by atoms with Gasteiger partial charge >= 0.3 is 0 Å². The minimum Gasteiger partial charge on any atom is -0.459 e. The third kappa shape index (κ3) is 6.80. The van der Waals surface area contributed by atoms with Gasteiger partial charge in [0.25, 0.3) is 11.8 Å². The lowest BCUT2D eigenvalue weighted by molar-refractivity contribution is -0.123. The van der Waals surface area contributed by atoms with Crippen LogP contribution in [-0.2, 0) is 11.3 Å². The molecule has 1 unspecified atom stereocenters. The lowest BCUT2D eigenvalue weighted by atomic mass is 10.0. The van der Waals surface area contributed by atoms with Crippen LogP contribution in [0.5, 0.6) is 0 Å². The first-order valence-electron chi connectivity index (χ1n) is 10.9. The van der Waals surface area contributed by atoms with Gasteiger partial charge in [0.2, 0.25) is 5.91 Å². The number of carbonyl (C=O) groups excluding carboxylic acids is 3. The Morgan fingerprint density at radius 2 is 1.73 bits per heavy atom. The molecule has 172 valence electrons. The highest BCUT2D eigenvalue weighted by molar-refractivity contribution is 6.02. The van der Waals surface area contributed by atoms with Gasteiger partial charge in [-0.2, -0.15) is 0 Å². The van der Waals surface area contributed by atoms with Gasteiger partial charge in [0.05, 0.1) is 6.26 Å².